The molecule has 0 aliphatic carbocycles. The summed E-state index contributed by atoms with van der Waals surface area (Å²) >= 11 is 0. The molecule has 2 aliphatic rings. The highest BCUT2D eigenvalue weighted by Crippen LogP contribution is 2.40. The SMILES string of the molecule is Cc1ccc(-n2nc(C(C)(C)C)cc2NC(=O)Nc2ccc(CC3CC4CCC(C3)N4C(=O)Cc3ccc4ccccc4c3)cc2)cc1. The molecule has 7 rings (SSSR count). The van der Waals surface area contributed by atoms with Gasteiger partial charge in [-0.2, -0.15) is 5.10 Å². The fraction of sp³-hybridized carbons (Fsp3) is 0.341. The Morgan fingerprint density at radius 2 is 1.46 bits per heavy atom. The fourth-order valence-corrected chi connectivity index (χ4v) is 7.53. The van der Waals surface area contributed by atoms with Gasteiger partial charge in [0.1, 0.15) is 5.82 Å². The highest BCUT2D eigenvalue weighted by molar-refractivity contribution is 5.99. The van der Waals surface area contributed by atoms with E-state index in [1.54, 1.807) is 4.68 Å². The molecular formula is C41H45N5O2. The molecule has 4 aromatic carbocycles. The van der Waals surface area contributed by atoms with Gasteiger partial charge >= 0.3 is 6.03 Å². The van der Waals surface area contributed by atoms with Gasteiger partial charge in [0.25, 0.3) is 0 Å². The largest absolute Gasteiger partial charge is 0.336 e. The summed E-state index contributed by atoms with van der Waals surface area (Å²) in [6.45, 7) is 8.39. The standard InChI is InChI=1S/C41H45N5O2/c1-27-9-17-34(18-10-27)46-38(26-37(44-46)41(2,3)4)43-40(48)42-33-15-12-28(13-16-33)21-30-23-35-19-20-36(24-30)45(35)39(47)25-29-11-14-31-7-5-6-8-32(31)22-29/h5-18,22,26,30,35-36H,19-21,23-25H2,1-4H3,(H2,42,43,48). The predicted octanol–water partition coefficient (Wildman–Crippen LogP) is 8.83. The molecule has 2 saturated heterocycles. The molecule has 48 heavy (non-hydrogen) atoms. The summed E-state index contributed by atoms with van der Waals surface area (Å²) in [5.41, 5.74) is 5.88. The lowest BCUT2D eigenvalue weighted by Crippen LogP contribution is -2.47. The zero-order valence-electron chi connectivity index (χ0n) is 28.4. The van der Waals surface area contributed by atoms with Gasteiger partial charge in [0.2, 0.25) is 5.91 Å². The number of nitrogens with one attached hydrogen (secondary N) is 2. The van der Waals surface area contributed by atoms with Crippen LogP contribution in [0.4, 0.5) is 16.3 Å². The number of nitrogens with zero attached hydrogens (tertiary/aromatic N) is 3. The first-order chi connectivity index (χ1) is 23.1. The maximum absolute atomic E-state index is 13.5. The number of hydrogen-bond donors (Lipinski definition) is 2. The number of piperidine rings is 1. The second-order valence-electron chi connectivity index (χ2n) is 14.8. The van der Waals surface area contributed by atoms with E-state index in [2.05, 4.69) is 85.7 Å². The molecule has 2 atom stereocenters. The van der Waals surface area contributed by atoms with Crippen LogP contribution in [0.3, 0.4) is 0 Å². The van der Waals surface area contributed by atoms with E-state index in [4.69, 9.17) is 5.10 Å². The van der Waals surface area contributed by atoms with Crippen LogP contribution in [0, 0.1) is 12.8 Å². The first-order valence-corrected chi connectivity index (χ1v) is 17.2. The summed E-state index contributed by atoms with van der Waals surface area (Å²) in [6, 6.07) is 33.3. The van der Waals surface area contributed by atoms with Crippen molar-refractivity contribution >= 4 is 34.2 Å². The van der Waals surface area contributed by atoms with Crippen molar-refractivity contribution in [2.75, 3.05) is 10.6 Å². The normalized spacial score (nSPS) is 19.0. The molecule has 246 valence electrons. The lowest BCUT2D eigenvalue weighted by atomic mass is 9.85. The number of benzene rings is 4. The molecule has 2 bridgehead atoms. The lowest BCUT2D eigenvalue weighted by Gasteiger charge is -2.39. The zero-order chi connectivity index (χ0) is 33.4. The van der Waals surface area contributed by atoms with Gasteiger partial charge in [-0.3, -0.25) is 10.1 Å². The first kappa shape index (κ1) is 31.7. The van der Waals surface area contributed by atoms with Gasteiger partial charge in [0, 0.05) is 29.3 Å². The number of aromatic nitrogens is 2. The Labute approximate surface area is 283 Å². The number of hydrogen-bond acceptors (Lipinski definition) is 3. The molecule has 7 nitrogen and oxygen atoms in total. The summed E-state index contributed by atoms with van der Waals surface area (Å²) in [6.07, 6.45) is 5.75. The molecule has 3 amide bonds. The molecule has 1 aromatic heterocycles. The molecule has 0 spiro atoms. The second-order valence-corrected chi connectivity index (χ2v) is 14.8. The van der Waals surface area contributed by atoms with E-state index in [0.29, 0.717) is 30.2 Å². The number of anilines is 2. The molecule has 5 aromatic rings. The zero-order valence-corrected chi connectivity index (χ0v) is 28.4. The number of fused-ring (bicyclic) bond motifs is 3. The number of urea groups is 1. The second kappa shape index (κ2) is 12.9. The van der Waals surface area contributed by atoms with Crippen LogP contribution in [0.15, 0.2) is 97.1 Å². The van der Waals surface area contributed by atoms with Crippen molar-refractivity contribution in [1.82, 2.24) is 14.7 Å². The Balaban J connectivity index is 0.948. The molecule has 0 saturated carbocycles. The van der Waals surface area contributed by atoms with E-state index in [9.17, 15) is 9.59 Å². The number of carbonyl (C=O) groups is 2. The third-order valence-electron chi connectivity index (χ3n) is 10.0. The van der Waals surface area contributed by atoms with E-state index in [-0.39, 0.29) is 17.4 Å². The molecule has 3 heterocycles. The fourth-order valence-electron chi connectivity index (χ4n) is 7.53. The van der Waals surface area contributed by atoms with E-state index >= 15 is 0 Å². The van der Waals surface area contributed by atoms with Crippen molar-refractivity contribution < 1.29 is 9.59 Å². The molecule has 0 radical (unpaired) electrons. The Morgan fingerprint density at radius 1 is 0.792 bits per heavy atom. The van der Waals surface area contributed by atoms with Crippen LogP contribution in [0.25, 0.3) is 16.5 Å². The Morgan fingerprint density at radius 3 is 2.15 bits per heavy atom. The average molecular weight is 640 g/mol. The highest BCUT2D eigenvalue weighted by atomic mass is 16.2. The van der Waals surface area contributed by atoms with Gasteiger partial charge in [-0.25, -0.2) is 9.48 Å². The van der Waals surface area contributed by atoms with E-state index < -0.39 is 0 Å². The Hall–Kier alpha value is -4.91. The average Bonchev–Trinajstić information content (AvgIpc) is 3.60. The predicted molar refractivity (Wildman–Crippen MR) is 194 cm³/mol. The monoisotopic (exact) mass is 639 g/mol. The van der Waals surface area contributed by atoms with Crippen LogP contribution < -0.4 is 10.6 Å². The summed E-state index contributed by atoms with van der Waals surface area (Å²) in [7, 11) is 0. The smallest absolute Gasteiger partial charge is 0.324 e. The van der Waals surface area contributed by atoms with Crippen LogP contribution in [0.1, 0.15) is 68.8 Å². The molecule has 2 unspecified atom stereocenters. The minimum atomic E-state index is -0.311. The van der Waals surface area contributed by atoms with Crippen LogP contribution in [-0.4, -0.2) is 38.7 Å². The van der Waals surface area contributed by atoms with Crippen LogP contribution in [0.2, 0.25) is 0 Å². The van der Waals surface area contributed by atoms with Crippen molar-refractivity contribution in [2.45, 2.75) is 83.7 Å². The van der Waals surface area contributed by atoms with Crippen LogP contribution in [-0.2, 0) is 23.1 Å². The molecular weight excluding hydrogens is 594 g/mol. The van der Waals surface area contributed by atoms with E-state index in [1.165, 1.54) is 21.9 Å². The number of amides is 3. The summed E-state index contributed by atoms with van der Waals surface area (Å²) in [4.78, 5) is 28.8. The van der Waals surface area contributed by atoms with Gasteiger partial charge in [-0.15, -0.1) is 0 Å². The summed E-state index contributed by atoms with van der Waals surface area (Å²) in [5, 5.41) is 13.2. The lowest BCUT2D eigenvalue weighted by molar-refractivity contribution is -0.135. The summed E-state index contributed by atoms with van der Waals surface area (Å²) < 4.78 is 1.79. The van der Waals surface area contributed by atoms with Crippen LogP contribution >= 0.6 is 0 Å². The first-order valence-electron chi connectivity index (χ1n) is 17.2. The Bertz CT molecular complexity index is 1920. The van der Waals surface area contributed by atoms with Gasteiger partial charge in [0.15, 0.2) is 0 Å². The van der Waals surface area contributed by atoms with Gasteiger partial charge < -0.3 is 10.2 Å². The number of carbonyl (C=O) groups excluding carboxylic acids is 2. The molecule has 2 fully saturated rings. The van der Waals surface area contributed by atoms with Crippen LogP contribution in [0.5, 0.6) is 0 Å². The van der Waals surface area contributed by atoms with Crippen molar-refractivity contribution in [2.24, 2.45) is 5.92 Å². The van der Waals surface area contributed by atoms with Gasteiger partial charge in [-0.05, 0) is 91.1 Å². The van der Waals surface area contributed by atoms with Gasteiger partial charge in [-0.1, -0.05) is 93.1 Å². The van der Waals surface area contributed by atoms with Crippen molar-refractivity contribution in [1.29, 1.82) is 0 Å². The van der Waals surface area contributed by atoms with Gasteiger partial charge in [0.05, 0.1) is 17.8 Å². The van der Waals surface area contributed by atoms with Crippen molar-refractivity contribution in [3.05, 3.63) is 119 Å². The Kier molecular flexibility index (Phi) is 8.54. The maximum Gasteiger partial charge on any atom is 0.324 e. The quantitative estimate of drug-likeness (QED) is 0.187. The number of rotatable bonds is 7. The molecule has 2 aliphatic heterocycles. The number of aryl methyl sites for hydroxylation is 1. The third kappa shape index (κ3) is 6.86. The van der Waals surface area contributed by atoms with E-state index in [0.717, 1.165) is 54.7 Å². The highest BCUT2D eigenvalue weighted by Gasteiger charge is 2.42. The van der Waals surface area contributed by atoms with E-state index in [1.807, 2.05) is 54.6 Å². The minimum absolute atomic E-state index is 0.164. The third-order valence-corrected chi connectivity index (χ3v) is 10.0. The molecule has 7 heteroatoms. The topological polar surface area (TPSA) is 79.3 Å². The van der Waals surface area contributed by atoms with Crippen molar-refractivity contribution in [3.8, 4) is 5.69 Å². The maximum atomic E-state index is 13.5. The minimum Gasteiger partial charge on any atom is -0.336 e. The summed E-state index contributed by atoms with van der Waals surface area (Å²) in [5.74, 6) is 1.43. The van der Waals surface area contributed by atoms with Crippen molar-refractivity contribution in [3.63, 3.8) is 0 Å². The molecule has 2 N–H and O–H groups in total.